The first kappa shape index (κ1) is 18.0. The molecule has 0 bridgehead atoms. The maximum atomic E-state index is 13.3. The van der Waals surface area contributed by atoms with E-state index in [9.17, 15) is 18.8 Å². The van der Waals surface area contributed by atoms with Gasteiger partial charge in [0, 0.05) is 19.3 Å². The van der Waals surface area contributed by atoms with Crippen molar-refractivity contribution in [2.45, 2.75) is 25.3 Å². The maximum Gasteiger partial charge on any atom is 0.263 e. The van der Waals surface area contributed by atoms with Gasteiger partial charge in [0.15, 0.2) is 0 Å². The predicted molar refractivity (Wildman–Crippen MR) is 99.5 cm³/mol. The molecule has 2 heterocycles. The van der Waals surface area contributed by atoms with Crippen LogP contribution in [0.3, 0.4) is 0 Å². The Hall–Kier alpha value is -3.35. The molecule has 28 heavy (non-hydrogen) atoms. The van der Waals surface area contributed by atoms with Crippen LogP contribution in [-0.2, 0) is 14.4 Å². The van der Waals surface area contributed by atoms with Gasteiger partial charge in [0.1, 0.15) is 12.4 Å². The monoisotopic (exact) mass is 379 g/mol. The average molecular weight is 379 g/mol. The average Bonchev–Trinajstić information content (AvgIpc) is 3.29. The van der Waals surface area contributed by atoms with Gasteiger partial charge in [-0.2, -0.15) is 5.10 Å². The van der Waals surface area contributed by atoms with E-state index in [0.29, 0.717) is 6.42 Å². The zero-order valence-corrected chi connectivity index (χ0v) is 15.0. The van der Waals surface area contributed by atoms with Crippen LogP contribution in [0, 0.1) is 5.82 Å². The number of hydrogen-bond acceptors (Lipinski definition) is 4. The molecule has 4 rings (SSSR count). The Kier molecular flexibility index (Phi) is 4.73. The molecular weight excluding hydrogens is 361 g/mol. The van der Waals surface area contributed by atoms with Crippen LogP contribution in [0.2, 0.25) is 0 Å². The van der Waals surface area contributed by atoms with Crippen molar-refractivity contribution in [3.8, 4) is 0 Å². The second kappa shape index (κ2) is 7.34. The lowest BCUT2D eigenvalue weighted by atomic mass is 9.98. The number of benzene rings is 2. The number of carbonyl (C=O) groups is 3. The van der Waals surface area contributed by atoms with Gasteiger partial charge in [0.2, 0.25) is 11.8 Å². The Bertz CT molecular complexity index is 941. The minimum atomic E-state index is -0.441. The van der Waals surface area contributed by atoms with Crippen LogP contribution < -0.4 is 0 Å². The van der Waals surface area contributed by atoms with E-state index in [4.69, 9.17) is 0 Å². The molecule has 3 amide bonds. The normalized spacial score (nSPS) is 19.3. The standard InChI is InChI=1S/C21H18FN3O3/c22-16-8-6-15(7-9-16)18-12-17(14-4-2-1-3-5-14)23-25(18)21(28)13-24-19(26)10-11-20(24)27/h1-9,18H,10-13H2. The third kappa shape index (κ3) is 3.43. The van der Waals surface area contributed by atoms with Gasteiger partial charge in [-0.15, -0.1) is 0 Å². The first-order chi connectivity index (χ1) is 13.5. The van der Waals surface area contributed by atoms with E-state index in [-0.39, 0.29) is 37.0 Å². The van der Waals surface area contributed by atoms with Crippen LogP contribution in [0.1, 0.15) is 36.4 Å². The molecule has 142 valence electrons. The summed E-state index contributed by atoms with van der Waals surface area (Å²) in [6, 6.07) is 15.0. The summed E-state index contributed by atoms with van der Waals surface area (Å²) in [5.41, 5.74) is 2.35. The van der Waals surface area contributed by atoms with Crippen LogP contribution in [0.25, 0.3) is 0 Å². The summed E-state index contributed by atoms with van der Waals surface area (Å²) in [6.07, 6.45) is 0.724. The van der Waals surface area contributed by atoms with Gasteiger partial charge in [-0.1, -0.05) is 42.5 Å². The molecule has 1 unspecified atom stereocenters. The molecule has 1 fully saturated rings. The molecule has 1 saturated heterocycles. The van der Waals surface area contributed by atoms with Crippen LogP contribution in [0.5, 0.6) is 0 Å². The van der Waals surface area contributed by atoms with Crippen LogP contribution in [0.15, 0.2) is 59.7 Å². The summed E-state index contributed by atoms with van der Waals surface area (Å²) in [5.74, 6) is -1.49. The van der Waals surface area contributed by atoms with Crippen molar-refractivity contribution in [1.29, 1.82) is 0 Å². The fourth-order valence-electron chi connectivity index (χ4n) is 3.50. The second-order valence-corrected chi connectivity index (χ2v) is 6.80. The summed E-state index contributed by atoms with van der Waals surface area (Å²) >= 11 is 0. The summed E-state index contributed by atoms with van der Waals surface area (Å²) in [7, 11) is 0. The quantitative estimate of drug-likeness (QED) is 0.767. The molecule has 2 aliphatic rings. The molecule has 0 spiro atoms. The number of amides is 3. The maximum absolute atomic E-state index is 13.3. The lowest BCUT2D eigenvalue weighted by Crippen LogP contribution is -2.40. The molecule has 1 atom stereocenters. The highest BCUT2D eigenvalue weighted by Crippen LogP contribution is 2.33. The number of nitrogens with zero attached hydrogens (tertiary/aromatic N) is 3. The van der Waals surface area contributed by atoms with Crippen molar-refractivity contribution in [1.82, 2.24) is 9.91 Å². The molecule has 2 aliphatic heterocycles. The highest BCUT2D eigenvalue weighted by atomic mass is 19.1. The van der Waals surface area contributed by atoms with E-state index in [2.05, 4.69) is 5.10 Å². The summed E-state index contributed by atoms with van der Waals surface area (Å²) in [5, 5.41) is 5.80. The minimum Gasteiger partial charge on any atom is -0.274 e. The molecular formula is C21H18FN3O3. The Morgan fingerprint density at radius 1 is 1.00 bits per heavy atom. The molecule has 2 aromatic rings. The predicted octanol–water partition coefficient (Wildman–Crippen LogP) is 2.65. The molecule has 0 aliphatic carbocycles. The number of hydrazone groups is 1. The second-order valence-electron chi connectivity index (χ2n) is 6.80. The van der Waals surface area contributed by atoms with E-state index < -0.39 is 11.9 Å². The smallest absolute Gasteiger partial charge is 0.263 e. The molecule has 0 aromatic heterocycles. The van der Waals surface area contributed by atoms with E-state index >= 15 is 0 Å². The van der Waals surface area contributed by atoms with E-state index in [1.54, 1.807) is 12.1 Å². The fraction of sp³-hybridized carbons (Fsp3) is 0.238. The Labute approximate surface area is 161 Å². The molecule has 2 aromatic carbocycles. The SMILES string of the molecule is O=C1CCC(=O)N1CC(=O)N1N=C(c2ccccc2)CC1c1ccc(F)cc1. The Morgan fingerprint density at radius 3 is 2.29 bits per heavy atom. The van der Waals surface area contributed by atoms with Crippen molar-refractivity contribution < 1.29 is 18.8 Å². The van der Waals surface area contributed by atoms with E-state index in [0.717, 1.165) is 21.7 Å². The molecule has 6 nitrogen and oxygen atoms in total. The van der Waals surface area contributed by atoms with E-state index in [1.807, 2.05) is 30.3 Å². The van der Waals surface area contributed by atoms with Gasteiger partial charge in [-0.05, 0) is 23.3 Å². The van der Waals surface area contributed by atoms with Gasteiger partial charge in [0.05, 0.1) is 11.8 Å². The number of imide groups is 1. The zero-order valence-electron chi connectivity index (χ0n) is 15.0. The van der Waals surface area contributed by atoms with Crippen molar-refractivity contribution in [3.05, 3.63) is 71.5 Å². The van der Waals surface area contributed by atoms with E-state index in [1.165, 1.54) is 17.1 Å². The largest absolute Gasteiger partial charge is 0.274 e. The first-order valence-electron chi connectivity index (χ1n) is 9.06. The molecule has 0 radical (unpaired) electrons. The van der Waals surface area contributed by atoms with Crippen LogP contribution in [-0.4, -0.2) is 39.9 Å². The topological polar surface area (TPSA) is 70.1 Å². The van der Waals surface area contributed by atoms with Gasteiger partial charge in [0.25, 0.3) is 5.91 Å². The van der Waals surface area contributed by atoms with Gasteiger partial charge >= 0.3 is 0 Å². The summed E-state index contributed by atoms with van der Waals surface area (Å²) in [6.45, 7) is -0.332. The number of hydrogen-bond donors (Lipinski definition) is 0. The van der Waals surface area contributed by atoms with Crippen molar-refractivity contribution in [2.75, 3.05) is 6.54 Å². The fourth-order valence-corrected chi connectivity index (χ4v) is 3.50. The lowest BCUT2D eigenvalue weighted by molar-refractivity contribution is -0.146. The summed E-state index contributed by atoms with van der Waals surface area (Å²) < 4.78 is 13.3. The first-order valence-corrected chi connectivity index (χ1v) is 9.06. The van der Waals surface area contributed by atoms with Crippen molar-refractivity contribution in [3.63, 3.8) is 0 Å². The van der Waals surface area contributed by atoms with Crippen molar-refractivity contribution in [2.24, 2.45) is 5.10 Å². The molecule has 0 N–H and O–H groups in total. The highest BCUT2D eigenvalue weighted by molar-refractivity contribution is 6.06. The van der Waals surface area contributed by atoms with Gasteiger partial charge < -0.3 is 0 Å². The molecule has 0 saturated carbocycles. The Morgan fingerprint density at radius 2 is 1.64 bits per heavy atom. The third-order valence-corrected chi connectivity index (χ3v) is 4.98. The van der Waals surface area contributed by atoms with Gasteiger partial charge in [-0.25, -0.2) is 9.40 Å². The zero-order chi connectivity index (χ0) is 19.7. The molecule has 7 heteroatoms. The lowest BCUT2D eigenvalue weighted by Gasteiger charge is -2.24. The number of rotatable bonds is 4. The number of halogens is 1. The minimum absolute atomic E-state index is 0.131. The number of carbonyl (C=O) groups excluding carboxylic acids is 3. The number of likely N-dealkylation sites (tertiary alicyclic amines) is 1. The van der Waals surface area contributed by atoms with Crippen molar-refractivity contribution >= 4 is 23.4 Å². The Balaban J connectivity index is 1.63. The van der Waals surface area contributed by atoms with Crippen LogP contribution in [0.4, 0.5) is 4.39 Å². The summed E-state index contributed by atoms with van der Waals surface area (Å²) in [4.78, 5) is 37.6. The van der Waals surface area contributed by atoms with Crippen LogP contribution >= 0.6 is 0 Å². The van der Waals surface area contributed by atoms with Gasteiger partial charge in [-0.3, -0.25) is 19.3 Å². The third-order valence-electron chi connectivity index (χ3n) is 4.98. The highest BCUT2D eigenvalue weighted by Gasteiger charge is 2.37.